The zero-order chi connectivity index (χ0) is 15.5. The van der Waals surface area contributed by atoms with Gasteiger partial charge in [0.1, 0.15) is 5.60 Å². The van der Waals surface area contributed by atoms with Gasteiger partial charge in [0, 0.05) is 29.7 Å². The van der Waals surface area contributed by atoms with E-state index in [-0.39, 0.29) is 0 Å². The number of alkyl carbamates (subject to hydrolysis) is 1. The smallest absolute Gasteiger partial charge is 0.407 e. The molecule has 0 spiro atoms. The highest BCUT2D eigenvalue weighted by atomic mass is 16.6. The Morgan fingerprint density at radius 1 is 1.29 bits per heavy atom. The molecular weight excluding hydrogens is 266 g/mol. The molecule has 5 nitrogen and oxygen atoms in total. The minimum absolute atomic E-state index is 0.406. The Morgan fingerprint density at radius 3 is 2.76 bits per heavy atom. The van der Waals surface area contributed by atoms with Gasteiger partial charge in [-0.25, -0.2) is 4.79 Å². The molecule has 2 rings (SSSR count). The van der Waals surface area contributed by atoms with E-state index in [4.69, 9.17) is 10.5 Å². The van der Waals surface area contributed by atoms with E-state index in [0.717, 1.165) is 22.3 Å². The Morgan fingerprint density at radius 2 is 2.05 bits per heavy atom. The first-order chi connectivity index (χ1) is 9.83. The minimum Gasteiger partial charge on any atom is -0.444 e. The van der Waals surface area contributed by atoms with Crippen LogP contribution in [0.15, 0.2) is 30.3 Å². The lowest BCUT2D eigenvalue weighted by atomic mass is 10.1. The van der Waals surface area contributed by atoms with Gasteiger partial charge in [-0.05, 0) is 45.0 Å². The van der Waals surface area contributed by atoms with Crippen LogP contribution in [0.4, 0.5) is 10.5 Å². The number of amides is 1. The molecule has 0 atom stereocenters. The zero-order valence-electron chi connectivity index (χ0n) is 12.6. The molecule has 0 aliphatic rings. The fraction of sp³-hybridized carbons (Fsp3) is 0.375. The van der Waals surface area contributed by atoms with Crippen LogP contribution in [0.3, 0.4) is 0 Å². The number of aromatic nitrogens is 1. The quantitative estimate of drug-likeness (QED) is 0.851. The Balaban J connectivity index is 1.92. The number of benzene rings is 1. The molecule has 1 aromatic heterocycles. The van der Waals surface area contributed by atoms with Gasteiger partial charge < -0.3 is 15.8 Å². The molecule has 3 N–H and O–H groups in total. The average Bonchev–Trinajstić information content (AvgIpc) is 2.36. The topological polar surface area (TPSA) is 77.2 Å². The number of nitrogens with one attached hydrogen (secondary N) is 1. The van der Waals surface area contributed by atoms with Crippen molar-refractivity contribution in [2.75, 3.05) is 12.3 Å². The van der Waals surface area contributed by atoms with Gasteiger partial charge in [0.2, 0.25) is 0 Å². The second-order valence-electron chi connectivity index (χ2n) is 5.93. The maximum Gasteiger partial charge on any atom is 0.407 e. The molecular formula is C16H21N3O2. The molecule has 21 heavy (non-hydrogen) atoms. The molecule has 5 heteroatoms. The maximum absolute atomic E-state index is 11.5. The number of nitrogen functional groups attached to an aromatic ring is 1. The molecule has 0 saturated heterocycles. The molecule has 0 bridgehead atoms. The van der Waals surface area contributed by atoms with Crippen LogP contribution in [0.25, 0.3) is 10.9 Å². The van der Waals surface area contributed by atoms with Gasteiger partial charge in [-0.1, -0.05) is 6.07 Å². The van der Waals surface area contributed by atoms with Crippen LogP contribution in [0.5, 0.6) is 0 Å². The summed E-state index contributed by atoms with van der Waals surface area (Å²) in [5.74, 6) is 0. The predicted molar refractivity (Wildman–Crippen MR) is 84.1 cm³/mol. The summed E-state index contributed by atoms with van der Waals surface area (Å²) in [6.07, 6.45) is 0.246. The van der Waals surface area contributed by atoms with Crippen molar-refractivity contribution in [3.8, 4) is 0 Å². The number of nitrogens with zero attached hydrogens (tertiary/aromatic N) is 1. The van der Waals surface area contributed by atoms with E-state index >= 15 is 0 Å². The van der Waals surface area contributed by atoms with Gasteiger partial charge in [-0.3, -0.25) is 4.98 Å². The zero-order valence-corrected chi connectivity index (χ0v) is 12.6. The van der Waals surface area contributed by atoms with Crippen molar-refractivity contribution < 1.29 is 9.53 Å². The monoisotopic (exact) mass is 287 g/mol. The van der Waals surface area contributed by atoms with Crippen LogP contribution in [-0.2, 0) is 11.2 Å². The van der Waals surface area contributed by atoms with E-state index in [0.29, 0.717) is 13.0 Å². The fourth-order valence-electron chi connectivity index (χ4n) is 1.93. The first-order valence-electron chi connectivity index (χ1n) is 6.95. The number of carbonyl (C=O) groups is 1. The number of pyridine rings is 1. The summed E-state index contributed by atoms with van der Waals surface area (Å²) in [4.78, 5) is 16.1. The Labute approximate surface area is 124 Å². The molecule has 1 aromatic carbocycles. The number of hydrogen-bond donors (Lipinski definition) is 2. The van der Waals surface area contributed by atoms with Gasteiger partial charge in [-0.15, -0.1) is 0 Å². The SMILES string of the molecule is CC(C)(C)OC(=O)NCCc1ccc2cc(N)ccc2n1. The van der Waals surface area contributed by atoms with Crippen LogP contribution in [0, 0.1) is 0 Å². The van der Waals surface area contributed by atoms with E-state index in [1.54, 1.807) is 0 Å². The summed E-state index contributed by atoms with van der Waals surface area (Å²) in [5, 5.41) is 3.74. The van der Waals surface area contributed by atoms with Crippen LogP contribution >= 0.6 is 0 Å². The van der Waals surface area contributed by atoms with E-state index in [2.05, 4.69) is 10.3 Å². The Kier molecular flexibility index (Phi) is 4.31. The molecule has 0 radical (unpaired) electrons. The van der Waals surface area contributed by atoms with E-state index in [9.17, 15) is 4.79 Å². The maximum atomic E-state index is 11.5. The lowest BCUT2D eigenvalue weighted by molar-refractivity contribution is 0.0528. The number of hydrogen-bond acceptors (Lipinski definition) is 4. The van der Waals surface area contributed by atoms with Crippen molar-refractivity contribution >= 4 is 22.7 Å². The van der Waals surface area contributed by atoms with Crippen molar-refractivity contribution in [1.29, 1.82) is 0 Å². The largest absolute Gasteiger partial charge is 0.444 e. The van der Waals surface area contributed by atoms with Crippen molar-refractivity contribution in [3.05, 3.63) is 36.0 Å². The second-order valence-corrected chi connectivity index (χ2v) is 5.93. The standard InChI is InChI=1S/C16H21N3O2/c1-16(2,3)21-15(20)18-9-8-13-6-4-11-10-12(17)5-7-14(11)19-13/h4-7,10H,8-9,17H2,1-3H3,(H,18,20). The van der Waals surface area contributed by atoms with Gasteiger partial charge >= 0.3 is 6.09 Å². The third kappa shape index (κ3) is 4.63. The van der Waals surface area contributed by atoms with Crippen LogP contribution in [0.2, 0.25) is 0 Å². The number of carbonyl (C=O) groups excluding carboxylic acids is 1. The van der Waals surface area contributed by atoms with E-state index < -0.39 is 11.7 Å². The van der Waals surface area contributed by atoms with Crippen molar-refractivity contribution in [2.24, 2.45) is 0 Å². The summed E-state index contributed by atoms with van der Waals surface area (Å²) >= 11 is 0. The summed E-state index contributed by atoms with van der Waals surface area (Å²) < 4.78 is 5.17. The molecule has 0 aliphatic carbocycles. The highest BCUT2D eigenvalue weighted by Gasteiger charge is 2.15. The number of fused-ring (bicyclic) bond motifs is 1. The summed E-state index contributed by atoms with van der Waals surface area (Å²) in [5.41, 5.74) is 7.80. The fourth-order valence-corrected chi connectivity index (χ4v) is 1.93. The third-order valence-electron chi connectivity index (χ3n) is 2.82. The van der Waals surface area contributed by atoms with E-state index in [1.807, 2.05) is 51.1 Å². The van der Waals surface area contributed by atoms with Gasteiger partial charge in [0.05, 0.1) is 5.52 Å². The summed E-state index contributed by atoms with van der Waals surface area (Å²) in [7, 11) is 0. The summed E-state index contributed by atoms with van der Waals surface area (Å²) in [6.45, 7) is 6.00. The highest BCUT2D eigenvalue weighted by Crippen LogP contribution is 2.16. The first-order valence-corrected chi connectivity index (χ1v) is 6.95. The van der Waals surface area contributed by atoms with Crippen LogP contribution in [0.1, 0.15) is 26.5 Å². The molecule has 0 saturated carbocycles. The first kappa shape index (κ1) is 15.1. The molecule has 1 heterocycles. The average molecular weight is 287 g/mol. The number of rotatable bonds is 3. The Hall–Kier alpha value is -2.30. The molecule has 0 aliphatic heterocycles. The second kappa shape index (κ2) is 5.99. The number of anilines is 1. The van der Waals surface area contributed by atoms with Crippen molar-refractivity contribution in [2.45, 2.75) is 32.8 Å². The molecule has 1 amide bonds. The van der Waals surface area contributed by atoms with Gasteiger partial charge in [0.15, 0.2) is 0 Å². The van der Waals surface area contributed by atoms with Gasteiger partial charge in [-0.2, -0.15) is 0 Å². The molecule has 0 unspecified atom stereocenters. The highest BCUT2D eigenvalue weighted by molar-refractivity contribution is 5.81. The van der Waals surface area contributed by atoms with E-state index in [1.165, 1.54) is 0 Å². The van der Waals surface area contributed by atoms with Crippen molar-refractivity contribution in [3.63, 3.8) is 0 Å². The normalized spacial score (nSPS) is 11.4. The minimum atomic E-state index is -0.481. The van der Waals surface area contributed by atoms with Crippen LogP contribution < -0.4 is 11.1 Å². The Bertz CT molecular complexity index is 648. The van der Waals surface area contributed by atoms with Crippen molar-refractivity contribution in [1.82, 2.24) is 10.3 Å². The molecule has 112 valence electrons. The lowest BCUT2D eigenvalue weighted by Crippen LogP contribution is -2.33. The van der Waals surface area contributed by atoms with Crippen LogP contribution in [-0.4, -0.2) is 23.2 Å². The predicted octanol–water partition coefficient (Wildman–Crippen LogP) is 2.88. The lowest BCUT2D eigenvalue weighted by Gasteiger charge is -2.19. The summed E-state index contributed by atoms with van der Waals surface area (Å²) in [6, 6.07) is 9.55. The number of ether oxygens (including phenoxy) is 1. The molecule has 2 aromatic rings. The van der Waals surface area contributed by atoms with Gasteiger partial charge in [0.25, 0.3) is 0 Å². The third-order valence-corrected chi connectivity index (χ3v) is 2.82. The molecule has 0 fully saturated rings. The number of nitrogens with two attached hydrogens (primary N) is 1.